The summed E-state index contributed by atoms with van der Waals surface area (Å²) in [7, 11) is 0. The molecule has 0 saturated heterocycles. The molecule has 3 nitrogen and oxygen atoms in total. The average Bonchev–Trinajstić information content (AvgIpc) is 2.44. The van der Waals surface area contributed by atoms with E-state index in [1.807, 2.05) is 6.92 Å². The molecule has 0 aliphatic rings. The SMILES string of the molecule is CC[C@@H](O)c1ccc(Oc2cc(Cl)c(Cl)cc2Cl)cn1. The first-order chi connectivity index (χ1) is 9.51. The number of aliphatic hydroxyl groups excluding tert-OH is 1. The van der Waals surface area contributed by atoms with Gasteiger partial charge in [-0.25, -0.2) is 0 Å². The summed E-state index contributed by atoms with van der Waals surface area (Å²) < 4.78 is 5.59. The molecule has 0 unspecified atom stereocenters. The Morgan fingerprint density at radius 3 is 2.45 bits per heavy atom. The molecule has 1 N–H and O–H groups in total. The first kappa shape index (κ1) is 15.4. The summed E-state index contributed by atoms with van der Waals surface area (Å²) in [5, 5.41) is 10.7. The Labute approximate surface area is 132 Å². The summed E-state index contributed by atoms with van der Waals surface area (Å²) in [6.45, 7) is 1.88. The number of halogens is 3. The third kappa shape index (κ3) is 3.55. The van der Waals surface area contributed by atoms with Crippen molar-refractivity contribution < 1.29 is 9.84 Å². The van der Waals surface area contributed by atoms with Gasteiger partial charge >= 0.3 is 0 Å². The third-order valence-corrected chi connectivity index (χ3v) is 3.71. The van der Waals surface area contributed by atoms with Crippen molar-refractivity contribution in [2.24, 2.45) is 0 Å². The van der Waals surface area contributed by atoms with Crippen molar-refractivity contribution >= 4 is 34.8 Å². The molecule has 20 heavy (non-hydrogen) atoms. The molecule has 6 heteroatoms. The molecule has 1 aromatic heterocycles. The molecule has 1 heterocycles. The van der Waals surface area contributed by atoms with Crippen LogP contribution in [0.15, 0.2) is 30.5 Å². The monoisotopic (exact) mass is 331 g/mol. The van der Waals surface area contributed by atoms with E-state index in [2.05, 4.69) is 4.98 Å². The summed E-state index contributed by atoms with van der Waals surface area (Å²) in [5.74, 6) is 0.893. The van der Waals surface area contributed by atoms with E-state index in [0.29, 0.717) is 38.7 Å². The summed E-state index contributed by atoms with van der Waals surface area (Å²) in [6, 6.07) is 6.47. The Morgan fingerprint density at radius 2 is 1.85 bits per heavy atom. The van der Waals surface area contributed by atoms with Crippen LogP contribution in [0.1, 0.15) is 25.1 Å². The van der Waals surface area contributed by atoms with Crippen LogP contribution in [0.4, 0.5) is 0 Å². The maximum atomic E-state index is 9.66. The van der Waals surface area contributed by atoms with Crippen molar-refractivity contribution in [1.29, 1.82) is 0 Å². The van der Waals surface area contributed by atoms with Crippen LogP contribution in [0.2, 0.25) is 15.1 Å². The van der Waals surface area contributed by atoms with Crippen LogP contribution in [-0.2, 0) is 0 Å². The van der Waals surface area contributed by atoms with E-state index in [1.54, 1.807) is 18.2 Å². The van der Waals surface area contributed by atoms with Gasteiger partial charge in [-0.15, -0.1) is 0 Å². The molecular formula is C14H12Cl3NO2. The second-order valence-electron chi connectivity index (χ2n) is 4.14. The van der Waals surface area contributed by atoms with Gasteiger partial charge in [0.15, 0.2) is 0 Å². The highest BCUT2D eigenvalue weighted by atomic mass is 35.5. The standard InChI is InChI=1S/C14H12Cl3NO2/c1-2-13(19)12-4-3-8(7-18-12)20-14-6-10(16)9(15)5-11(14)17/h3-7,13,19H,2H2,1H3/t13-/m1/s1. The smallest absolute Gasteiger partial charge is 0.147 e. The zero-order chi connectivity index (χ0) is 14.7. The van der Waals surface area contributed by atoms with Gasteiger partial charge < -0.3 is 9.84 Å². The van der Waals surface area contributed by atoms with Crippen molar-refractivity contribution in [2.75, 3.05) is 0 Å². The van der Waals surface area contributed by atoms with E-state index in [1.165, 1.54) is 12.3 Å². The number of nitrogens with zero attached hydrogens (tertiary/aromatic N) is 1. The molecule has 2 aromatic rings. The van der Waals surface area contributed by atoms with Gasteiger partial charge in [-0.1, -0.05) is 41.7 Å². The minimum Gasteiger partial charge on any atom is -0.454 e. The Morgan fingerprint density at radius 1 is 1.15 bits per heavy atom. The molecule has 2 rings (SSSR count). The van der Waals surface area contributed by atoms with E-state index in [0.717, 1.165) is 0 Å². The Balaban J connectivity index is 2.20. The van der Waals surface area contributed by atoms with Crippen molar-refractivity contribution in [3.05, 3.63) is 51.2 Å². The van der Waals surface area contributed by atoms with E-state index in [9.17, 15) is 5.11 Å². The lowest BCUT2D eigenvalue weighted by Gasteiger charge is -2.10. The largest absolute Gasteiger partial charge is 0.454 e. The minimum atomic E-state index is -0.572. The number of hydrogen-bond acceptors (Lipinski definition) is 3. The maximum Gasteiger partial charge on any atom is 0.147 e. The maximum absolute atomic E-state index is 9.66. The lowest BCUT2D eigenvalue weighted by Crippen LogP contribution is -1.98. The van der Waals surface area contributed by atoms with E-state index in [4.69, 9.17) is 39.5 Å². The number of pyridine rings is 1. The molecule has 0 spiro atoms. The molecule has 0 bridgehead atoms. The molecule has 0 aliphatic carbocycles. The highest BCUT2D eigenvalue weighted by Gasteiger charge is 2.10. The summed E-state index contributed by atoms with van der Waals surface area (Å²) >= 11 is 17.8. The zero-order valence-electron chi connectivity index (χ0n) is 10.6. The predicted octanol–water partition coefficient (Wildman–Crippen LogP) is 5.28. The van der Waals surface area contributed by atoms with Gasteiger partial charge in [-0.05, 0) is 24.6 Å². The quantitative estimate of drug-likeness (QED) is 0.775. The van der Waals surface area contributed by atoms with E-state index in [-0.39, 0.29) is 0 Å². The Bertz CT molecular complexity index is 602. The molecule has 106 valence electrons. The van der Waals surface area contributed by atoms with Gasteiger partial charge in [0.05, 0.1) is 33.1 Å². The highest BCUT2D eigenvalue weighted by Crippen LogP contribution is 2.36. The number of aromatic nitrogens is 1. The number of ether oxygens (including phenoxy) is 1. The van der Waals surface area contributed by atoms with Gasteiger partial charge in [0.1, 0.15) is 11.5 Å². The van der Waals surface area contributed by atoms with Crippen LogP contribution in [0.25, 0.3) is 0 Å². The van der Waals surface area contributed by atoms with E-state index >= 15 is 0 Å². The van der Waals surface area contributed by atoms with Crippen LogP contribution < -0.4 is 4.74 Å². The normalized spacial score (nSPS) is 12.2. The predicted molar refractivity (Wildman–Crippen MR) is 81.0 cm³/mol. The van der Waals surface area contributed by atoms with Crippen LogP contribution in [0.5, 0.6) is 11.5 Å². The average molecular weight is 333 g/mol. The van der Waals surface area contributed by atoms with Crippen molar-refractivity contribution in [1.82, 2.24) is 4.98 Å². The number of benzene rings is 1. The summed E-state index contributed by atoms with van der Waals surface area (Å²) in [5.41, 5.74) is 0.597. The molecule has 1 aromatic carbocycles. The summed E-state index contributed by atoms with van der Waals surface area (Å²) in [6.07, 6.45) is 1.55. The topological polar surface area (TPSA) is 42.4 Å². The van der Waals surface area contributed by atoms with Gasteiger partial charge in [-0.2, -0.15) is 0 Å². The van der Waals surface area contributed by atoms with E-state index < -0.39 is 6.10 Å². The van der Waals surface area contributed by atoms with Crippen LogP contribution >= 0.6 is 34.8 Å². The molecular weight excluding hydrogens is 321 g/mol. The van der Waals surface area contributed by atoms with Crippen molar-refractivity contribution in [3.8, 4) is 11.5 Å². The van der Waals surface area contributed by atoms with Crippen LogP contribution in [0, 0.1) is 0 Å². The fourth-order valence-corrected chi connectivity index (χ4v) is 2.14. The van der Waals surface area contributed by atoms with Gasteiger partial charge in [0.2, 0.25) is 0 Å². The first-order valence-electron chi connectivity index (χ1n) is 5.97. The molecule has 0 aliphatic heterocycles. The van der Waals surface area contributed by atoms with Crippen LogP contribution in [0.3, 0.4) is 0 Å². The molecule has 0 radical (unpaired) electrons. The fraction of sp³-hybridized carbons (Fsp3) is 0.214. The number of hydrogen-bond donors (Lipinski definition) is 1. The van der Waals surface area contributed by atoms with Gasteiger partial charge in [0.25, 0.3) is 0 Å². The Hall–Kier alpha value is -1.00. The third-order valence-electron chi connectivity index (χ3n) is 2.69. The summed E-state index contributed by atoms with van der Waals surface area (Å²) in [4.78, 5) is 4.14. The highest BCUT2D eigenvalue weighted by molar-refractivity contribution is 6.43. The van der Waals surface area contributed by atoms with Crippen molar-refractivity contribution in [2.45, 2.75) is 19.4 Å². The molecule has 0 fully saturated rings. The second kappa shape index (κ2) is 6.64. The lowest BCUT2D eigenvalue weighted by molar-refractivity contribution is 0.169. The molecule has 1 atom stereocenters. The van der Waals surface area contributed by atoms with Crippen molar-refractivity contribution in [3.63, 3.8) is 0 Å². The minimum absolute atomic E-state index is 0.358. The second-order valence-corrected chi connectivity index (χ2v) is 5.36. The first-order valence-corrected chi connectivity index (χ1v) is 7.11. The van der Waals surface area contributed by atoms with Gasteiger partial charge in [-0.3, -0.25) is 4.98 Å². The fourth-order valence-electron chi connectivity index (χ4n) is 1.57. The molecule has 0 amide bonds. The lowest BCUT2D eigenvalue weighted by atomic mass is 10.2. The zero-order valence-corrected chi connectivity index (χ0v) is 12.9. The number of rotatable bonds is 4. The number of aliphatic hydroxyl groups is 1. The van der Waals surface area contributed by atoms with Gasteiger partial charge in [0, 0.05) is 6.07 Å². The molecule has 0 saturated carbocycles. The Kier molecular flexibility index (Phi) is 5.11. The van der Waals surface area contributed by atoms with Crippen LogP contribution in [-0.4, -0.2) is 10.1 Å².